The van der Waals surface area contributed by atoms with Gasteiger partial charge in [0.05, 0.1) is 0 Å². The van der Waals surface area contributed by atoms with Crippen molar-refractivity contribution < 1.29 is 0 Å². The first-order chi connectivity index (χ1) is 21.3. The average molecular weight is 563 g/mol. The number of benzene rings is 8. The zero-order valence-electron chi connectivity index (χ0n) is 23.4. The molecule has 8 aromatic rings. The van der Waals surface area contributed by atoms with Gasteiger partial charge < -0.3 is 0 Å². The Morgan fingerprint density at radius 1 is 0.279 bits per heavy atom. The average Bonchev–Trinajstić information content (AvgIpc) is 3.08. The van der Waals surface area contributed by atoms with E-state index in [9.17, 15) is 0 Å². The fourth-order valence-electron chi connectivity index (χ4n) is 6.99. The van der Waals surface area contributed by atoms with E-state index < -0.39 is 0 Å². The van der Waals surface area contributed by atoms with Crippen molar-refractivity contribution >= 4 is 44.1 Å². The van der Waals surface area contributed by atoms with Gasteiger partial charge in [0.15, 0.2) is 0 Å². The molecule has 200 valence electrons. The van der Waals surface area contributed by atoms with E-state index in [0.29, 0.717) is 0 Å². The fraction of sp³-hybridized carbons (Fsp3) is 0. The SMILES string of the molecule is c1ccc(-c2ccc(-c3c4ccccc4c(-c4ccc5c6c(cccc46)Sc4ccccc4-5)c4ccccc34)cc2)cc1. The first-order valence-corrected chi connectivity index (χ1v) is 15.6. The van der Waals surface area contributed by atoms with Crippen LogP contribution in [-0.4, -0.2) is 0 Å². The van der Waals surface area contributed by atoms with E-state index in [2.05, 4.69) is 158 Å². The molecule has 0 atom stereocenters. The summed E-state index contributed by atoms with van der Waals surface area (Å²) in [6, 6.07) is 57.9. The highest BCUT2D eigenvalue weighted by Gasteiger charge is 2.23. The number of rotatable bonds is 3. The van der Waals surface area contributed by atoms with E-state index in [1.165, 1.54) is 86.6 Å². The first-order valence-electron chi connectivity index (χ1n) is 14.8. The summed E-state index contributed by atoms with van der Waals surface area (Å²) in [6.07, 6.45) is 0. The van der Waals surface area contributed by atoms with Crippen LogP contribution in [0.1, 0.15) is 0 Å². The molecule has 9 rings (SSSR count). The maximum Gasteiger partial charge on any atom is 0.0207 e. The summed E-state index contributed by atoms with van der Waals surface area (Å²) in [4.78, 5) is 2.66. The molecule has 8 aromatic carbocycles. The van der Waals surface area contributed by atoms with E-state index in [4.69, 9.17) is 0 Å². The minimum absolute atomic E-state index is 1.23. The number of hydrogen-bond acceptors (Lipinski definition) is 1. The van der Waals surface area contributed by atoms with Gasteiger partial charge in [-0.15, -0.1) is 0 Å². The molecular weight excluding hydrogens is 537 g/mol. The second kappa shape index (κ2) is 9.73. The lowest BCUT2D eigenvalue weighted by Gasteiger charge is -2.23. The molecule has 0 fully saturated rings. The zero-order valence-corrected chi connectivity index (χ0v) is 24.2. The summed E-state index contributed by atoms with van der Waals surface area (Å²) >= 11 is 1.89. The lowest BCUT2D eigenvalue weighted by Crippen LogP contribution is -1.95. The van der Waals surface area contributed by atoms with Gasteiger partial charge in [-0.3, -0.25) is 0 Å². The lowest BCUT2D eigenvalue weighted by atomic mass is 9.83. The Balaban J connectivity index is 1.33. The molecule has 1 aliphatic rings. The molecular formula is C42H26S. The van der Waals surface area contributed by atoms with Crippen molar-refractivity contribution in [2.75, 3.05) is 0 Å². The molecule has 0 aromatic heterocycles. The molecule has 0 N–H and O–H groups in total. The molecule has 0 radical (unpaired) electrons. The third-order valence-corrected chi connectivity index (χ3v) is 10.0. The Labute approximate surface area is 255 Å². The molecule has 0 amide bonds. The molecule has 0 bridgehead atoms. The molecule has 0 saturated heterocycles. The molecule has 0 nitrogen and oxygen atoms in total. The molecule has 0 spiro atoms. The lowest BCUT2D eigenvalue weighted by molar-refractivity contribution is 1.40. The second-order valence-corrected chi connectivity index (χ2v) is 12.3. The van der Waals surface area contributed by atoms with E-state index in [0.717, 1.165) is 0 Å². The van der Waals surface area contributed by atoms with Crippen LogP contribution >= 0.6 is 11.8 Å². The summed E-state index contributed by atoms with van der Waals surface area (Å²) in [5.41, 5.74) is 10.3. The van der Waals surface area contributed by atoms with Crippen LogP contribution in [0.3, 0.4) is 0 Å². The molecule has 0 aliphatic carbocycles. The van der Waals surface area contributed by atoms with Crippen LogP contribution in [-0.2, 0) is 0 Å². The van der Waals surface area contributed by atoms with Crippen molar-refractivity contribution in [2.45, 2.75) is 9.79 Å². The Hall–Kier alpha value is -5.11. The summed E-state index contributed by atoms with van der Waals surface area (Å²) in [6.45, 7) is 0. The zero-order chi connectivity index (χ0) is 28.3. The van der Waals surface area contributed by atoms with Crippen molar-refractivity contribution in [1.29, 1.82) is 0 Å². The van der Waals surface area contributed by atoms with Gasteiger partial charge in [-0.25, -0.2) is 0 Å². The standard InChI is InChI=1S/C42H26S/c1-2-11-27(12-3-1)28-21-23-29(24-22-28)40-31-14-4-6-16-33(31)41(34-17-7-5-15-32(34)40)37-26-25-36-30-13-8-9-19-38(30)43-39-20-10-18-35(37)42(36)39/h1-26H. The van der Waals surface area contributed by atoms with Gasteiger partial charge in [0.1, 0.15) is 0 Å². The van der Waals surface area contributed by atoms with Gasteiger partial charge in [-0.1, -0.05) is 157 Å². The number of hydrogen-bond donors (Lipinski definition) is 0. The molecule has 1 heteroatoms. The Morgan fingerprint density at radius 3 is 1.51 bits per heavy atom. The van der Waals surface area contributed by atoms with Gasteiger partial charge in [0.2, 0.25) is 0 Å². The highest BCUT2D eigenvalue weighted by molar-refractivity contribution is 7.99. The third kappa shape index (κ3) is 3.79. The van der Waals surface area contributed by atoms with Crippen molar-refractivity contribution in [3.63, 3.8) is 0 Å². The normalized spacial score (nSPS) is 12.1. The smallest absolute Gasteiger partial charge is 0.0207 e. The quantitative estimate of drug-likeness (QED) is 0.193. The Bertz CT molecular complexity index is 2290. The van der Waals surface area contributed by atoms with E-state index in [1.807, 2.05) is 11.8 Å². The van der Waals surface area contributed by atoms with Gasteiger partial charge >= 0.3 is 0 Å². The van der Waals surface area contributed by atoms with Crippen LogP contribution in [0.2, 0.25) is 0 Å². The minimum atomic E-state index is 1.23. The fourth-order valence-corrected chi connectivity index (χ4v) is 8.13. The molecule has 1 aliphatic heterocycles. The molecule has 0 saturated carbocycles. The van der Waals surface area contributed by atoms with Crippen LogP contribution in [0.4, 0.5) is 0 Å². The van der Waals surface area contributed by atoms with E-state index >= 15 is 0 Å². The highest BCUT2D eigenvalue weighted by Crippen LogP contribution is 2.51. The van der Waals surface area contributed by atoms with Gasteiger partial charge in [0, 0.05) is 15.2 Å². The topological polar surface area (TPSA) is 0 Å². The largest absolute Gasteiger partial charge is 0.0888 e. The maximum absolute atomic E-state index is 2.36. The van der Waals surface area contributed by atoms with E-state index in [1.54, 1.807) is 0 Å². The van der Waals surface area contributed by atoms with Crippen molar-refractivity contribution in [3.05, 3.63) is 158 Å². The van der Waals surface area contributed by atoms with Crippen molar-refractivity contribution in [2.24, 2.45) is 0 Å². The Kier molecular flexibility index (Phi) is 5.54. The first kappa shape index (κ1) is 24.5. The molecule has 1 heterocycles. The molecule has 0 unspecified atom stereocenters. The summed E-state index contributed by atoms with van der Waals surface area (Å²) in [5.74, 6) is 0. The Morgan fingerprint density at radius 2 is 0.791 bits per heavy atom. The maximum atomic E-state index is 2.36. The van der Waals surface area contributed by atoms with E-state index in [-0.39, 0.29) is 0 Å². The minimum Gasteiger partial charge on any atom is -0.0888 e. The van der Waals surface area contributed by atoms with Gasteiger partial charge in [-0.05, 0) is 83.6 Å². The summed E-state index contributed by atoms with van der Waals surface area (Å²) < 4.78 is 0. The van der Waals surface area contributed by atoms with Crippen LogP contribution < -0.4 is 0 Å². The summed E-state index contributed by atoms with van der Waals surface area (Å²) in [7, 11) is 0. The predicted octanol–water partition coefficient (Wildman–Crippen LogP) is 12.3. The monoisotopic (exact) mass is 562 g/mol. The van der Waals surface area contributed by atoms with Gasteiger partial charge in [0.25, 0.3) is 0 Å². The van der Waals surface area contributed by atoms with Crippen molar-refractivity contribution in [1.82, 2.24) is 0 Å². The molecule has 43 heavy (non-hydrogen) atoms. The van der Waals surface area contributed by atoms with Gasteiger partial charge in [-0.2, -0.15) is 0 Å². The number of fused-ring (bicyclic) bond motifs is 4. The van der Waals surface area contributed by atoms with Crippen molar-refractivity contribution in [3.8, 4) is 44.5 Å². The third-order valence-electron chi connectivity index (χ3n) is 8.88. The highest BCUT2D eigenvalue weighted by atomic mass is 32.2. The second-order valence-electron chi connectivity index (χ2n) is 11.2. The van der Waals surface area contributed by atoms with Crippen LogP contribution in [0.15, 0.2) is 168 Å². The van der Waals surface area contributed by atoms with Crippen LogP contribution in [0, 0.1) is 0 Å². The van der Waals surface area contributed by atoms with Crippen LogP contribution in [0.25, 0.3) is 76.8 Å². The summed E-state index contributed by atoms with van der Waals surface area (Å²) in [5, 5.41) is 7.80. The van der Waals surface area contributed by atoms with Crippen LogP contribution in [0.5, 0.6) is 0 Å². The predicted molar refractivity (Wildman–Crippen MR) is 185 cm³/mol.